The van der Waals surface area contributed by atoms with Crippen LogP contribution < -0.4 is 10.6 Å². The maximum Gasteiger partial charge on any atom is 0.257 e. The van der Waals surface area contributed by atoms with Crippen LogP contribution in [0.1, 0.15) is 40.0 Å². The summed E-state index contributed by atoms with van der Waals surface area (Å²) in [4.78, 5) is 59.7. The predicted octanol–water partition coefficient (Wildman–Crippen LogP) is 0.427. The van der Waals surface area contributed by atoms with Crippen molar-refractivity contribution in [3.8, 4) is 0 Å². The summed E-state index contributed by atoms with van der Waals surface area (Å²) in [6.07, 6.45) is 2.12. The van der Waals surface area contributed by atoms with Gasteiger partial charge in [0.1, 0.15) is 12.3 Å². The molecule has 1 aliphatic heterocycles. The number of ether oxygens (including phenoxy) is 3. The fourth-order valence-electron chi connectivity index (χ4n) is 3.36. The second-order valence-corrected chi connectivity index (χ2v) is 7.49. The minimum absolute atomic E-state index is 0.142. The molecule has 11 heteroatoms. The van der Waals surface area contributed by atoms with Crippen LogP contribution in [0.25, 0.3) is 0 Å². The van der Waals surface area contributed by atoms with Crippen molar-refractivity contribution in [2.24, 2.45) is 0 Å². The molecule has 0 spiro atoms. The van der Waals surface area contributed by atoms with Gasteiger partial charge in [0.15, 0.2) is 6.29 Å². The first-order chi connectivity index (χ1) is 16.5. The number of nitrogens with zero attached hydrogens (tertiary/aromatic N) is 1. The van der Waals surface area contributed by atoms with Gasteiger partial charge in [0.25, 0.3) is 5.91 Å². The second kappa shape index (κ2) is 14.9. The summed E-state index contributed by atoms with van der Waals surface area (Å²) in [5.74, 6) is -1.40. The number of piperidine rings is 1. The molecule has 1 aliphatic rings. The van der Waals surface area contributed by atoms with Gasteiger partial charge in [-0.25, -0.2) is 0 Å². The summed E-state index contributed by atoms with van der Waals surface area (Å²) in [7, 11) is 1.48. The van der Waals surface area contributed by atoms with Gasteiger partial charge in [-0.2, -0.15) is 0 Å². The zero-order valence-electron chi connectivity index (χ0n) is 19.2. The molecule has 1 aromatic carbocycles. The second-order valence-electron chi connectivity index (χ2n) is 7.49. The van der Waals surface area contributed by atoms with E-state index >= 15 is 0 Å². The molecule has 2 N–H and O–H groups in total. The van der Waals surface area contributed by atoms with Gasteiger partial charge in [-0.1, -0.05) is 12.1 Å². The van der Waals surface area contributed by atoms with Crippen LogP contribution in [0.4, 0.5) is 5.69 Å². The SMILES string of the molecule is CN(C(=O)c1c(C=O)cccc1NCCOCCOCCOCCC=O)C1CCC(=O)NC1=O. The Balaban J connectivity index is 1.82. The molecule has 0 aliphatic carbocycles. The summed E-state index contributed by atoms with van der Waals surface area (Å²) >= 11 is 0. The van der Waals surface area contributed by atoms with Gasteiger partial charge in [0, 0.05) is 37.7 Å². The van der Waals surface area contributed by atoms with Gasteiger partial charge >= 0.3 is 0 Å². The average Bonchev–Trinajstić information content (AvgIpc) is 2.83. The largest absolute Gasteiger partial charge is 0.382 e. The van der Waals surface area contributed by atoms with Crippen LogP contribution in [0.2, 0.25) is 0 Å². The van der Waals surface area contributed by atoms with E-state index in [1.165, 1.54) is 18.0 Å². The molecule has 0 saturated carbocycles. The number of likely N-dealkylation sites (N-methyl/N-ethyl adjacent to an activating group) is 1. The predicted molar refractivity (Wildman–Crippen MR) is 122 cm³/mol. The molecule has 0 radical (unpaired) electrons. The smallest absolute Gasteiger partial charge is 0.257 e. The van der Waals surface area contributed by atoms with Crippen molar-refractivity contribution in [1.29, 1.82) is 0 Å². The minimum Gasteiger partial charge on any atom is -0.382 e. The van der Waals surface area contributed by atoms with E-state index in [4.69, 9.17) is 14.2 Å². The lowest BCUT2D eigenvalue weighted by molar-refractivity contribution is -0.136. The molecular weight excluding hydrogens is 446 g/mol. The van der Waals surface area contributed by atoms with E-state index in [-0.39, 0.29) is 29.9 Å². The summed E-state index contributed by atoms with van der Waals surface area (Å²) in [6.45, 7) is 2.67. The van der Waals surface area contributed by atoms with Gasteiger partial charge in [-0.3, -0.25) is 24.5 Å². The number of aldehydes is 2. The van der Waals surface area contributed by atoms with Crippen LogP contribution >= 0.6 is 0 Å². The number of nitrogens with one attached hydrogen (secondary N) is 2. The Morgan fingerprint density at radius 1 is 1.09 bits per heavy atom. The Kier molecular flexibility index (Phi) is 11.9. The average molecular weight is 478 g/mol. The van der Waals surface area contributed by atoms with Gasteiger partial charge in [0.2, 0.25) is 11.8 Å². The number of benzene rings is 1. The first kappa shape index (κ1) is 27.1. The Hall–Kier alpha value is -3.15. The van der Waals surface area contributed by atoms with Crippen LogP contribution in [0, 0.1) is 0 Å². The third-order valence-corrected chi connectivity index (χ3v) is 5.12. The summed E-state index contributed by atoms with van der Waals surface area (Å²) in [6, 6.07) is 4.06. The van der Waals surface area contributed by atoms with E-state index < -0.39 is 17.9 Å². The molecule has 0 aromatic heterocycles. The van der Waals surface area contributed by atoms with Crippen molar-refractivity contribution >= 4 is 36.0 Å². The molecule has 1 atom stereocenters. The van der Waals surface area contributed by atoms with Crippen molar-refractivity contribution in [1.82, 2.24) is 10.2 Å². The highest BCUT2D eigenvalue weighted by Gasteiger charge is 2.34. The molecule has 1 saturated heterocycles. The van der Waals surface area contributed by atoms with E-state index in [1.807, 2.05) is 0 Å². The molecule has 34 heavy (non-hydrogen) atoms. The zero-order valence-corrected chi connectivity index (χ0v) is 19.2. The highest BCUT2D eigenvalue weighted by atomic mass is 16.5. The van der Waals surface area contributed by atoms with Crippen molar-refractivity contribution in [3.05, 3.63) is 29.3 Å². The van der Waals surface area contributed by atoms with E-state index in [0.29, 0.717) is 64.6 Å². The molecular formula is C23H31N3O8. The fourth-order valence-corrected chi connectivity index (χ4v) is 3.36. The Morgan fingerprint density at radius 2 is 1.76 bits per heavy atom. The van der Waals surface area contributed by atoms with Crippen LogP contribution in [-0.2, 0) is 28.6 Å². The standard InChI is InChI=1S/C23H31N3O8/c1-26(19-6-7-20(29)25-22(19)30)23(31)21-17(16-28)4-2-5-18(21)24-8-11-33-13-15-34-14-12-32-10-3-9-27/h2,4-5,9,16,19,24H,3,6-8,10-15H2,1H3,(H,25,29,30). The van der Waals surface area contributed by atoms with Gasteiger partial charge in [-0.05, 0) is 12.5 Å². The lowest BCUT2D eigenvalue weighted by Crippen LogP contribution is -2.53. The molecule has 1 heterocycles. The number of anilines is 1. The molecule has 2 rings (SSSR count). The van der Waals surface area contributed by atoms with Crippen molar-refractivity contribution in [3.63, 3.8) is 0 Å². The Labute approximate surface area is 198 Å². The topological polar surface area (TPSA) is 140 Å². The summed E-state index contributed by atoms with van der Waals surface area (Å²) in [5, 5.41) is 5.33. The normalized spacial score (nSPS) is 15.5. The molecule has 1 unspecified atom stereocenters. The third kappa shape index (κ3) is 8.32. The van der Waals surface area contributed by atoms with E-state index in [1.54, 1.807) is 12.1 Å². The first-order valence-corrected chi connectivity index (χ1v) is 11.1. The van der Waals surface area contributed by atoms with E-state index in [0.717, 1.165) is 6.29 Å². The van der Waals surface area contributed by atoms with Crippen molar-refractivity contribution < 1.29 is 38.2 Å². The van der Waals surface area contributed by atoms with Crippen LogP contribution in [0.3, 0.4) is 0 Å². The third-order valence-electron chi connectivity index (χ3n) is 5.12. The number of rotatable bonds is 16. The van der Waals surface area contributed by atoms with Gasteiger partial charge in [-0.15, -0.1) is 0 Å². The lowest BCUT2D eigenvalue weighted by Gasteiger charge is -2.30. The van der Waals surface area contributed by atoms with Gasteiger partial charge in [0.05, 0.1) is 45.2 Å². The van der Waals surface area contributed by atoms with Crippen LogP contribution in [-0.4, -0.2) is 94.5 Å². The molecule has 1 aromatic rings. The first-order valence-electron chi connectivity index (χ1n) is 11.1. The Bertz CT molecular complexity index is 861. The van der Waals surface area contributed by atoms with Crippen LogP contribution in [0.15, 0.2) is 18.2 Å². The number of hydrogen-bond donors (Lipinski definition) is 2. The quantitative estimate of drug-likeness (QED) is 0.197. The number of carbonyl (C=O) groups excluding carboxylic acids is 5. The molecule has 0 bridgehead atoms. The molecule has 1 fully saturated rings. The number of carbonyl (C=O) groups is 5. The van der Waals surface area contributed by atoms with E-state index in [2.05, 4.69) is 10.6 Å². The fraction of sp³-hybridized carbons (Fsp3) is 0.522. The van der Waals surface area contributed by atoms with Crippen LogP contribution in [0.5, 0.6) is 0 Å². The van der Waals surface area contributed by atoms with E-state index in [9.17, 15) is 24.0 Å². The molecule has 11 nitrogen and oxygen atoms in total. The summed E-state index contributed by atoms with van der Waals surface area (Å²) < 4.78 is 16.0. The number of hydrogen-bond acceptors (Lipinski definition) is 9. The molecule has 186 valence electrons. The minimum atomic E-state index is -0.795. The van der Waals surface area contributed by atoms with Gasteiger partial charge < -0.3 is 29.2 Å². The van der Waals surface area contributed by atoms with Crippen molar-refractivity contribution in [2.75, 3.05) is 58.6 Å². The maximum atomic E-state index is 13.2. The zero-order chi connectivity index (χ0) is 24.8. The molecule has 3 amide bonds. The summed E-state index contributed by atoms with van der Waals surface area (Å²) in [5.41, 5.74) is 0.794. The Morgan fingerprint density at radius 3 is 2.41 bits per heavy atom. The maximum absolute atomic E-state index is 13.2. The highest BCUT2D eigenvalue weighted by molar-refractivity contribution is 6.08. The van der Waals surface area contributed by atoms with Crippen molar-refractivity contribution in [2.45, 2.75) is 25.3 Å². The lowest BCUT2D eigenvalue weighted by atomic mass is 10.0. The highest BCUT2D eigenvalue weighted by Crippen LogP contribution is 2.23. The monoisotopic (exact) mass is 477 g/mol. The number of imide groups is 1. The number of amides is 3.